The molecule has 2 aromatic carbocycles. The maximum Gasteiger partial charge on any atom is 0.269 e. The third-order valence-corrected chi connectivity index (χ3v) is 4.39. The van der Waals surface area contributed by atoms with Crippen molar-refractivity contribution in [1.29, 1.82) is 0 Å². The van der Waals surface area contributed by atoms with Gasteiger partial charge in [0.25, 0.3) is 11.8 Å². The molecule has 3 N–H and O–H groups in total. The number of carbonyl (C=O) groups is 2. The summed E-state index contributed by atoms with van der Waals surface area (Å²) in [6, 6.07) is 12.4. The van der Waals surface area contributed by atoms with Gasteiger partial charge >= 0.3 is 0 Å². The molecule has 0 saturated heterocycles. The van der Waals surface area contributed by atoms with Crippen LogP contribution in [0.3, 0.4) is 0 Å². The first kappa shape index (κ1) is 20.3. The van der Waals surface area contributed by atoms with Gasteiger partial charge in [-0.1, -0.05) is 33.6 Å². The van der Waals surface area contributed by atoms with Gasteiger partial charge in [-0.25, -0.2) is 0 Å². The summed E-state index contributed by atoms with van der Waals surface area (Å²) >= 11 is 11.6. The summed E-state index contributed by atoms with van der Waals surface area (Å²) in [6.07, 6.45) is 0. The van der Waals surface area contributed by atoms with Crippen molar-refractivity contribution in [1.82, 2.24) is 16.2 Å². The number of carbonyl (C=O) groups excluding carboxylic acids is 2. The molecular formula is C17H15Br2N3O3S. The van der Waals surface area contributed by atoms with Crippen LogP contribution in [0.2, 0.25) is 0 Å². The summed E-state index contributed by atoms with van der Waals surface area (Å²) < 4.78 is 7.01. The molecule has 136 valence electrons. The Bertz CT molecular complexity index is 846. The fourth-order valence-corrected chi connectivity index (χ4v) is 3.23. The van der Waals surface area contributed by atoms with E-state index in [1.165, 1.54) is 0 Å². The maximum absolute atomic E-state index is 12.0. The van der Waals surface area contributed by atoms with E-state index in [-0.39, 0.29) is 17.6 Å². The number of benzene rings is 2. The Morgan fingerprint density at radius 1 is 1.12 bits per heavy atom. The highest BCUT2D eigenvalue weighted by Crippen LogP contribution is 2.27. The molecule has 0 heterocycles. The number of nitrogens with one attached hydrogen (secondary N) is 3. The van der Waals surface area contributed by atoms with Gasteiger partial charge < -0.3 is 4.74 Å². The van der Waals surface area contributed by atoms with E-state index in [0.29, 0.717) is 15.8 Å². The van der Waals surface area contributed by atoms with Crippen molar-refractivity contribution >= 4 is 61.0 Å². The lowest BCUT2D eigenvalue weighted by molar-refractivity contribution is -0.121. The van der Waals surface area contributed by atoms with Gasteiger partial charge in [0.15, 0.2) is 11.7 Å². The van der Waals surface area contributed by atoms with Crippen LogP contribution in [0.5, 0.6) is 5.75 Å². The first-order valence-corrected chi connectivity index (χ1v) is 9.39. The Balaban J connectivity index is 1.76. The molecule has 0 atom stereocenters. The summed E-state index contributed by atoms with van der Waals surface area (Å²) in [6.45, 7) is 1.66. The zero-order chi connectivity index (χ0) is 19.1. The average molecular weight is 501 g/mol. The molecule has 2 amide bonds. The van der Waals surface area contributed by atoms with Crippen molar-refractivity contribution in [2.45, 2.75) is 6.92 Å². The van der Waals surface area contributed by atoms with E-state index in [2.05, 4.69) is 48.0 Å². The number of thiocarbonyl (C=S) groups is 1. The number of amides is 2. The van der Waals surface area contributed by atoms with E-state index < -0.39 is 5.91 Å². The predicted octanol–water partition coefficient (Wildman–Crippen LogP) is 3.23. The Morgan fingerprint density at radius 2 is 1.88 bits per heavy atom. The number of aryl methyl sites for hydroxylation is 1. The number of halogens is 2. The van der Waals surface area contributed by atoms with Gasteiger partial charge in [-0.2, -0.15) is 0 Å². The molecule has 0 spiro atoms. The van der Waals surface area contributed by atoms with Gasteiger partial charge in [-0.15, -0.1) is 0 Å². The second kappa shape index (κ2) is 9.65. The van der Waals surface area contributed by atoms with Crippen molar-refractivity contribution in [3.05, 3.63) is 62.5 Å². The highest BCUT2D eigenvalue weighted by Gasteiger charge is 2.09. The largest absolute Gasteiger partial charge is 0.483 e. The van der Waals surface area contributed by atoms with Gasteiger partial charge in [0, 0.05) is 10.0 Å². The van der Waals surface area contributed by atoms with Crippen molar-refractivity contribution < 1.29 is 14.3 Å². The number of rotatable bonds is 4. The minimum absolute atomic E-state index is 0.0329. The Labute approximate surface area is 172 Å². The standard InChI is InChI=1S/C17H15Br2N3O3S/c1-10-3-2-4-11(7-10)16(24)21-22-17(26)20-15(23)9-25-14-6-5-12(18)8-13(14)19/h2-8H,9H2,1H3,(H,21,24)(H2,20,22,23,26). The first-order chi connectivity index (χ1) is 12.3. The van der Waals surface area contributed by atoms with Crippen LogP contribution in [-0.4, -0.2) is 23.5 Å². The monoisotopic (exact) mass is 499 g/mol. The van der Waals surface area contributed by atoms with E-state index in [4.69, 9.17) is 17.0 Å². The fraction of sp³-hybridized carbons (Fsp3) is 0.118. The molecule has 2 aromatic rings. The third kappa shape index (κ3) is 6.40. The lowest BCUT2D eigenvalue weighted by Gasteiger charge is -2.12. The fourth-order valence-electron chi connectivity index (χ4n) is 1.90. The second-order valence-electron chi connectivity index (χ2n) is 5.19. The third-order valence-electron chi connectivity index (χ3n) is 3.08. The Kier molecular flexibility index (Phi) is 7.55. The molecule has 0 bridgehead atoms. The lowest BCUT2D eigenvalue weighted by atomic mass is 10.1. The van der Waals surface area contributed by atoms with Crippen LogP contribution in [-0.2, 0) is 4.79 Å². The Hall–Kier alpha value is -1.97. The van der Waals surface area contributed by atoms with Crippen LogP contribution in [0, 0.1) is 6.92 Å². The molecule has 0 aromatic heterocycles. The Morgan fingerprint density at radius 3 is 2.58 bits per heavy atom. The SMILES string of the molecule is Cc1cccc(C(=O)NNC(=S)NC(=O)COc2ccc(Br)cc2Br)c1. The number of ether oxygens (including phenoxy) is 1. The molecule has 6 nitrogen and oxygen atoms in total. The molecule has 0 aliphatic carbocycles. The van der Waals surface area contributed by atoms with Crippen LogP contribution in [0.1, 0.15) is 15.9 Å². The van der Waals surface area contributed by atoms with E-state index in [1.807, 2.05) is 13.0 Å². The van der Waals surface area contributed by atoms with Crippen molar-refractivity contribution in [2.75, 3.05) is 6.61 Å². The van der Waals surface area contributed by atoms with E-state index in [9.17, 15) is 9.59 Å². The summed E-state index contributed by atoms with van der Waals surface area (Å²) in [4.78, 5) is 23.8. The molecule has 2 rings (SSSR count). The van der Waals surface area contributed by atoms with Crippen LogP contribution < -0.4 is 20.9 Å². The predicted molar refractivity (Wildman–Crippen MR) is 110 cm³/mol. The average Bonchev–Trinajstić information content (AvgIpc) is 2.59. The van der Waals surface area contributed by atoms with Crippen molar-refractivity contribution in [2.24, 2.45) is 0 Å². The summed E-state index contributed by atoms with van der Waals surface area (Å²) in [5, 5.41) is 2.38. The molecule has 0 aliphatic rings. The van der Waals surface area contributed by atoms with Gasteiger partial charge in [0.2, 0.25) is 0 Å². The molecule has 0 radical (unpaired) electrons. The topological polar surface area (TPSA) is 79.5 Å². The van der Waals surface area contributed by atoms with Crippen molar-refractivity contribution in [3.8, 4) is 5.75 Å². The van der Waals surface area contributed by atoms with Crippen molar-refractivity contribution in [3.63, 3.8) is 0 Å². The van der Waals surface area contributed by atoms with E-state index in [0.717, 1.165) is 10.0 Å². The molecule has 0 aliphatic heterocycles. The molecule has 0 saturated carbocycles. The van der Waals surface area contributed by atoms with E-state index >= 15 is 0 Å². The highest BCUT2D eigenvalue weighted by atomic mass is 79.9. The molecule has 0 unspecified atom stereocenters. The summed E-state index contributed by atoms with van der Waals surface area (Å²) in [5.41, 5.74) is 6.34. The zero-order valence-corrected chi connectivity index (χ0v) is 17.6. The first-order valence-electron chi connectivity index (χ1n) is 7.40. The minimum Gasteiger partial charge on any atom is -0.483 e. The lowest BCUT2D eigenvalue weighted by Crippen LogP contribution is -2.49. The smallest absolute Gasteiger partial charge is 0.269 e. The number of hydrazine groups is 1. The van der Waals surface area contributed by atoms with Crippen LogP contribution in [0.25, 0.3) is 0 Å². The van der Waals surface area contributed by atoms with Gasteiger partial charge in [0.1, 0.15) is 5.75 Å². The molecule has 9 heteroatoms. The van der Waals surface area contributed by atoms with Crippen LogP contribution in [0.4, 0.5) is 0 Å². The maximum atomic E-state index is 12.0. The van der Waals surface area contributed by atoms with Gasteiger partial charge in [-0.3, -0.25) is 25.8 Å². The molecule has 26 heavy (non-hydrogen) atoms. The normalized spacial score (nSPS) is 9.96. The number of hydrogen-bond donors (Lipinski definition) is 3. The minimum atomic E-state index is -0.456. The van der Waals surface area contributed by atoms with Crippen LogP contribution in [0.15, 0.2) is 51.4 Å². The van der Waals surface area contributed by atoms with Gasteiger partial charge in [-0.05, 0) is 65.4 Å². The summed E-state index contributed by atoms with van der Waals surface area (Å²) in [7, 11) is 0. The van der Waals surface area contributed by atoms with Crippen LogP contribution >= 0.6 is 44.1 Å². The quantitative estimate of drug-likeness (QED) is 0.443. The highest BCUT2D eigenvalue weighted by molar-refractivity contribution is 9.11. The molecular weight excluding hydrogens is 486 g/mol. The number of hydrogen-bond acceptors (Lipinski definition) is 4. The van der Waals surface area contributed by atoms with Gasteiger partial charge in [0.05, 0.1) is 4.47 Å². The summed E-state index contributed by atoms with van der Waals surface area (Å²) in [5.74, 6) is -0.294. The zero-order valence-electron chi connectivity index (χ0n) is 13.6. The second-order valence-corrected chi connectivity index (χ2v) is 7.37. The molecule has 0 fully saturated rings. The van der Waals surface area contributed by atoms with E-state index in [1.54, 1.807) is 36.4 Å².